The molecule has 0 amide bonds. The molecule has 11 heavy (non-hydrogen) atoms. The molecule has 2 N–H and O–H groups in total. The Bertz CT molecular complexity index is 268. The van der Waals surface area contributed by atoms with Gasteiger partial charge in [-0.05, 0) is 24.1 Å². The molecule has 58 valence electrons. The fourth-order valence-electron chi connectivity index (χ4n) is 0.940. The van der Waals surface area contributed by atoms with E-state index in [-0.39, 0.29) is 5.75 Å². The highest BCUT2D eigenvalue weighted by molar-refractivity contribution is 5.81. The van der Waals surface area contributed by atoms with Crippen LogP contribution in [0.5, 0.6) is 5.75 Å². The Balaban J connectivity index is 3.12. The summed E-state index contributed by atoms with van der Waals surface area (Å²) in [4.78, 5) is 0. The van der Waals surface area contributed by atoms with Crippen LogP contribution in [0.1, 0.15) is 18.1 Å². The molecular weight excluding hydrogens is 138 g/mol. The van der Waals surface area contributed by atoms with E-state index in [2.05, 4.69) is 0 Å². The van der Waals surface area contributed by atoms with Gasteiger partial charge in [0.2, 0.25) is 0 Å². The van der Waals surface area contributed by atoms with Gasteiger partial charge in [0.05, 0.1) is 0 Å². The number of aryl methyl sites for hydroxylation is 1. The highest BCUT2D eigenvalue weighted by Crippen LogP contribution is 2.16. The maximum Gasteiger partial charge on any atom is 0.124 e. The molecule has 1 aromatic carbocycles. The molecule has 0 aliphatic rings. The van der Waals surface area contributed by atoms with E-state index >= 15 is 0 Å². The predicted octanol–water partition coefficient (Wildman–Crippen LogP) is 1.95. The van der Waals surface area contributed by atoms with Crippen LogP contribution in [0.15, 0.2) is 18.2 Å². The summed E-state index contributed by atoms with van der Waals surface area (Å²) in [5.74, 6) is 0.178. The van der Waals surface area contributed by atoms with Crippen LogP contribution in [-0.2, 0) is 6.42 Å². The minimum atomic E-state index is 0.178. The number of benzene rings is 1. The van der Waals surface area contributed by atoms with E-state index in [1.165, 1.54) is 0 Å². The number of hydrogen-bond donors (Lipinski definition) is 2. The third-order valence-corrected chi connectivity index (χ3v) is 1.66. The molecule has 0 heterocycles. The van der Waals surface area contributed by atoms with Crippen molar-refractivity contribution in [2.24, 2.45) is 0 Å². The highest BCUT2D eigenvalue weighted by atomic mass is 16.3. The standard InChI is InChI=1S/C9H11NO/c1-2-7-3-4-9(11)8(5-7)6-10/h3-6,10-11H,2H2,1H3. The van der Waals surface area contributed by atoms with E-state index in [1.54, 1.807) is 6.07 Å². The van der Waals surface area contributed by atoms with Crippen LogP contribution in [0.3, 0.4) is 0 Å². The van der Waals surface area contributed by atoms with Gasteiger partial charge < -0.3 is 10.5 Å². The lowest BCUT2D eigenvalue weighted by atomic mass is 10.1. The first kappa shape index (κ1) is 7.79. The zero-order valence-corrected chi connectivity index (χ0v) is 6.46. The second kappa shape index (κ2) is 3.19. The van der Waals surface area contributed by atoms with E-state index in [0.717, 1.165) is 18.2 Å². The SMILES string of the molecule is CCc1ccc(O)c(C=N)c1. The van der Waals surface area contributed by atoms with Crippen molar-refractivity contribution in [1.82, 2.24) is 0 Å². The topological polar surface area (TPSA) is 44.1 Å². The fourth-order valence-corrected chi connectivity index (χ4v) is 0.940. The van der Waals surface area contributed by atoms with Crippen molar-refractivity contribution < 1.29 is 5.11 Å². The van der Waals surface area contributed by atoms with Crippen LogP contribution in [0.2, 0.25) is 0 Å². The first-order chi connectivity index (χ1) is 5.27. The highest BCUT2D eigenvalue weighted by Gasteiger charge is 1.97. The molecular formula is C9H11NO. The number of nitrogens with one attached hydrogen (secondary N) is 1. The molecule has 0 unspecified atom stereocenters. The summed E-state index contributed by atoms with van der Waals surface area (Å²) in [7, 11) is 0. The molecule has 0 saturated carbocycles. The second-order valence-electron chi connectivity index (χ2n) is 2.39. The van der Waals surface area contributed by atoms with Crippen LogP contribution in [-0.4, -0.2) is 11.3 Å². The molecule has 0 spiro atoms. The summed E-state index contributed by atoms with van der Waals surface area (Å²) in [6, 6.07) is 5.31. The molecule has 0 fully saturated rings. The van der Waals surface area contributed by atoms with Crippen molar-refractivity contribution in [2.45, 2.75) is 13.3 Å². The third kappa shape index (κ3) is 1.58. The van der Waals surface area contributed by atoms with Crippen LogP contribution >= 0.6 is 0 Å². The average Bonchev–Trinajstić information content (AvgIpc) is 2.05. The van der Waals surface area contributed by atoms with Crippen molar-refractivity contribution in [1.29, 1.82) is 5.41 Å². The summed E-state index contributed by atoms with van der Waals surface area (Å²) in [5, 5.41) is 16.2. The summed E-state index contributed by atoms with van der Waals surface area (Å²) in [6.07, 6.45) is 2.09. The van der Waals surface area contributed by atoms with E-state index in [0.29, 0.717) is 5.56 Å². The molecule has 0 radical (unpaired) electrons. The zero-order valence-electron chi connectivity index (χ0n) is 6.46. The molecule has 1 aromatic rings. The lowest BCUT2D eigenvalue weighted by Crippen LogP contribution is -1.85. The maximum absolute atomic E-state index is 9.18. The number of aromatic hydroxyl groups is 1. The van der Waals surface area contributed by atoms with Gasteiger partial charge >= 0.3 is 0 Å². The fraction of sp³-hybridized carbons (Fsp3) is 0.222. The number of phenolic OH excluding ortho intramolecular Hbond substituents is 1. The largest absolute Gasteiger partial charge is 0.507 e. The second-order valence-corrected chi connectivity index (χ2v) is 2.39. The molecule has 0 atom stereocenters. The summed E-state index contributed by atoms with van der Waals surface area (Å²) >= 11 is 0. The molecule has 2 nitrogen and oxygen atoms in total. The lowest BCUT2D eigenvalue weighted by molar-refractivity contribution is 0.474. The van der Waals surface area contributed by atoms with Gasteiger partial charge in [-0.3, -0.25) is 0 Å². The minimum absolute atomic E-state index is 0.178. The Morgan fingerprint density at radius 1 is 1.55 bits per heavy atom. The van der Waals surface area contributed by atoms with Crippen LogP contribution in [0, 0.1) is 5.41 Å². The quantitative estimate of drug-likeness (QED) is 0.620. The number of hydrogen-bond acceptors (Lipinski definition) is 2. The normalized spacial score (nSPS) is 9.55. The van der Waals surface area contributed by atoms with E-state index < -0.39 is 0 Å². The Morgan fingerprint density at radius 2 is 2.27 bits per heavy atom. The number of rotatable bonds is 2. The van der Waals surface area contributed by atoms with E-state index in [1.807, 2.05) is 19.1 Å². The average molecular weight is 149 g/mol. The molecule has 0 bridgehead atoms. The first-order valence-electron chi connectivity index (χ1n) is 3.60. The van der Waals surface area contributed by atoms with Crippen molar-refractivity contribution in [3.63, 3.8) is 0 Å². The molecule has 1 rings (SSSR count). The Hall–Kier alpha value is -1.31. The van der Waals surface area contributed by atoms with Crippen molar-refractivity contribution >= 4 is 6.21 Å². The Kier molecular flexibility index (Phi) is 2.26. The summed E-state index contributed by atoms with van der Waals surface area (Å²) < 4.78 is 0. The predicted molar refractivity (Wildman–Crippen MR) is 45.4 cm³/mol. The zero-order chi connectivity index (χ0) is 8.27. The van der Waals surface area contributed by atoms with Crippen LogP contribution < -0.4 is 0 Å². The van der Waals surface area contributed by atoms with Crippen LogP contribution in [0.4, 0.5) is 0 Å². The number of phenols is 1. The van der Waals surface area contributed by atoms with Gasteiger partial charge in [0.1, 0.15) is 5.75 Å². The minimum Gasteiger partial charge on any atom is -0.507 e. The maximum atomic E-state index is 9.18. The molecule has 0 aromatic heterocycles. The van der Waals surface area contributed by atoms with Gasteiger partial charge in [0.25, 0.3) is 0 Å². The molecule has 0 aliphatic heterocycles. The van der Waals surface area contributed by atoms with Gasteiger partial charge in [0.15, 0.2) is 0 Å². The molecule has 2 heteroatoms. The van der Waals surface area contributed by atoms with Crippen molar-refractivity contribution in [3.8, 4) is 5.75 Å². The van der Waals surface area contributed by atoms with Gasteiger partial charge in [-0.25, -0.2) is 0 Å². The lowest BCUT2D eigenvalue weighted by Gasteiger charge is -2.00. The summed E-state index contributed by atoms with van der Waals surface area (Å²) in [6.45, 7) is 2.04. The van der Waals surface area contributed by atoms with Gasteiger partial charge in [-0.2, -0.15) is 0 Å². The van der Waals surface area contributed by atoms with Crippen LogP contribution in [0.25, 0.3) is 0 Å². The molecule has 0 saturated heterocycles. The Morgan fingerprint density at radius 3 is 2.82 bits per heavy atom. The summed E-state index contributed by atoms with van der Waals surface area (Å²) in [5.41, 5.74) is 1.73. The Labute approximate surface area is 66.0 Å². The third-order valence-electron chi connectivity index (χ3n) is 1.66. The van der Waals surface area contributed by atoms with Gasteiger partial charge in [-0.15, -0.1) is 0 Å². The smallest absolute Gasteiger partial charge is 0.124 e. The van der Waals surface area contributed by atoms with Crippen molar-refractivity contribution in [2.75, 3.05) is 0 Å². The van der Waals surface area contributed by atoms with E-state index in [9.17, 15) is 5.11 Å². The monoisotopic (exact) mass is 149 g/mol. The molecule has 0 aliphatic carbocycles. The van der Waals surface area contributed by atoms with Gasteiger partial charge in [-0.1, -0.05) is 13.0 Å². The van der Waals surface area contributed by atoms with Crippen molar-refractivity contribution in [3.05, 3.63) is 29.3 Å². The van der Waals surface area contributed by atoms with Gasteiger partial charge in [0, 0.05) is 11.8 Å². The van der Waals surface area contributed by atoms with E-state index in [4.69, 9.17) is 5.41 Å². The first-order valence-corrected chi connectivity index (χ1v) is 3.60.